The van der Waals surface area contributed by atoms with Crippen LogP contribution in [0.5, 0.6) is 0 Å². The molecule has 0 unspecified atom stereocenters. The molecule has 0 radical (unpaired) electrons. The van der Waals surface area contributed by atoms with Gasteiger partial charge in [0.25, 0.3) is 0 Å². The molecule has 1 N–H and O–H groups in total. The van der Waals surface area contributed by atoms with E-state index in [2.05, 4.69) is 41.8 Å². The summed E-state index contributed by atoms with van der Waals surface area (Å²) in [6.07, 6.45) is 3.85. The lowest BCUT2D eigenvalue weighted by Gasteiger charge is -1.97. The van der Waals surface area contributed by atoms with Crippen molar-refractivity contribution in [3.63, 3.8) is 0 Å². The van der Waals surface area contributed by atoms with Crippen LogP contribution in [0.1, 0.15) is 72.0 Å². The van der Waals surface area contributed by atoms with Crippen molar-refractivity contribution in [2.75, 3.05) is 0 Å². The fourth-order valence-corrected chi connectivity index (χ4v) is 2.21. The first kappa shape index (κ1) is 27.1. The molecule has 0 spiro atoms. The molecule has 2 aromatic heterocycles. The Bertz CT molecular complexity index is 494. The average molecular weight is 354 g/mol. The van der Waals surface area contributed by atoms with Gasteiger partial charge in [-0.05, 0) is 13.0 Å². The van der Waals surface area contributed by atoms with Gasteiger partial charge in [0.1, 0.15) is 0 Å². The predicted octanol–water partition coefficient (Wildman–Crippen LogP) is 6.79. The van der Waals surface area contributed by atoms with Gasteiger partial charge in [-0.2, -0.15) is 0 Å². The Morgan fingerprint density at radius 3 is 1.83 bits per heavy atom. The standard InChI is InChI=1S/C12H14N2S.3C2H6.CH3NO/c1-8(2)12-14-7-11(15-12)10-5-4-9(3)13-6-10;3*1-2;1-2-3/h4-8H,1-3H3;3*1-2H3;3H,1H2. The molecular formula is C19H35N3OS. The Hall–Kier alpha value is -1.75. The summed E-state index contributed by atoms with van der Waals surface area (Å²) in [6.45, 7) is 21.0. The number of hydrogen-bond acceptors (Lipinski definition) is 5. The molecular weight excluding hydrogens is 318 g/mol. The normalized spacial score (nSPS) is 8.08. The molecule has 138 valence electrons. The maximum Gasteiger partial charge on any atom is 0.0956 e. The van der Waals surface area contributed by atoms with Crippen LogP contribution in [0, 0.1) is 6.92 Å². The van der Waals surface area contributed by atoms with Crippen LogP contribution >= 0.6 is 11.3 Å². The monoisotopic (exact) mass is 353 g/mol. The van der Waals surface area contributed by atoms with E-state index in [1.807, 2.05) is 66.9 Å². The minimum atomic E-state index is 0.502. The van der Waals surface area contributed by atoms with E-state index in [0.29, 0.717) is 5.92 Å². The summed E-state index contributed by atoms with van der Waals surface area (Å²) in [5, 5.41) is 10.5. The van der Waals surface area contributed by atoms with Gasteiger partial charge in [0.05, 0.1) is 9.88 Å². The number of pyridine rings is 1. The average Bonchev–Trinajstić information content (AvgIpc) is 3.12. The van der Waals surface area contributed by atoms with Gasteiger partial charge >= 0.3 is 0 Å². The third-order valence-corrected chi connectivity index (χ3v) is 3.56. The first-order valence-electron chi connectivity index (χ1n) is 8.57. The maximum absolute atomic E-state index is 7.08. The molecule has 24 heavy (non-hydrogen) atoms. The molecule has 0 amide bonds. The smallest absolute Gasteiger partial charge is 0.0956 e. The molecule has 0 aromatic carbocycles. The molecule has 2 heterocycles. The van der Waals surface area contributed by atoms with E-state index in [1.165, 1.54) is 9.88 Å². The van der Waals surface area contributed by atoms with Crippen molar-refractivity contribution in [1.82, 2.24) is 9.97 Å². The molecule has 0 saturated heterocycles. The highest BCUT2D eigenvalue weighted by atomic mass is 32.1. The summed E-state index contributed by atoms with van der Waals surface area (Å²) in [5.41, 5.74) is 2.21. The highest BCUT2D eigenvalue weighted by molar-refractivity contribution is 7.15. The zero-order valence-corrected chi connectivity index (χ0v) is 17.6. The minimum absolute atomic E-state index is 0.502. The van der Waals surface area contributed by atoms with Crippen LogP contribution < -0.4 is 0 Å². The van der Waals surface area contributed by atoms with Gasteiger partial charge in [-0.25, -0.2) is 4.98 Å². The fraction of sp³-hybridized carbons (Fsp3) is 0.526. The lowest BCUT2D eigenvalue weighted by atomic mass is 10.2. The largest absolute Gasteiger partial charge is 0.411 e. The summed E-state index contributed by atoms with van der Waals surface area (Å²) >= 11 is 1.75. The Morgan fingerprint density at radius 1 is 1.00 bits per heavy atom. The summed E-state index contributed by atoms with van der Waals surface area (Å²) < 4.78 is 0. The Labute approximate surface area is 152 Å². The van der Waals surface area contributed by atoms with E-state index >= 15 is 0 Å². The van der Waals surface area contributed by atoms with Gasteiger partial charge in [-0.3, -0.25) is 4.98 Å². The second-order valence-electron chi connectivity index (χ2n) is 4.05. The van der Waals surface area contributed by atoms with Crippen molar-refractivity contribution in [3.05, 3.63) is 35.2 Å². The summed E-state index contributed by atoms with van der Waals surface area (Å²) in [6, 6.07) is 4.13. The maximum atomic E-state index is 7.08. The Kier molecular flexibility index (Phi) is 21.8. The third-order valence-electron chi connectivity index (χ3n) is 2.21. The first-order valence-corrected chi connectivity index (χ1v) is 9.39. The van der Waals surface area contributed by atoms with Crippen LogP contribution in [0.3, 0.4) is 0 Å². The molecule has 0 aliphatic carbocycles. The van der Waals surface area contributed by atoms with Crippen molar-refractivity contribution in [2.45, 2.75) is 68.2 Å². The van der Waals surface area contributed by atoms with E-state index in [4.69, 9.17) is 5.21 Å². The Morgan fingerprint density at radius 2 is 1.50 bits per heavy atom. The number of hydrogen-bond donors (Lipinski definition) is 1. The molecule has 2 aromatic rings. The van der Waals surface area contributed by atoms with E-state index in [9.17, 15) is 0 Å². The van der Waals surface area contributed by atoms with Gasteiger partial charge in [0.2, 0.25) is 0 Å². The van der Waals surface area contributed by atoms with E-state index in [1.54, 1.807) is 11.3 Å². The fourth-order valence-electron chi connectivity index (χ4n) is 1.30. The third kappa shape index (κ3) is 11.8. The van der Waals surface area contributed by atoms with Crippen LogP contribution in [0.4, 0.5) is 0 Å². The minimum Gasteiger partial charge on any atom is -0.411 e. The van der Waals surface area contributed by atoms with Crippen LogP contribution in [-0.4, -0.2) is 21.9 Å². The number of oxime groups is 1. The molecule has 0 aliphatic heterocycles. The van der Waals surface area contributed by atoms with E-state index in [-0.39, 0.29) is 0 Å². The van der Waals surface area contributed by atoms with Gasteiger partial charge in [-0.15, -0.1) is 16.5 Å². The quantitative estimate of drug-likeness (QED) is 0.367. The predicted molar refractivity (Wildman–Crippen MR) is 110 cm³/mol. The van der Waals surface area contributed by atoms with Crippen molar-refractivity contribution < 1.29 is 5.21 Å². The van der Waals surface area contributed by atoms with Crippen molar-refractivity contribution in [2.24, 2.45) is 5.16 Å². The highest BCUT2D eigenvalue weighted by Crippen LogP contribution is 2.29. The van der Waals surface area contributed by atoms with Crippen LogP contribution in [0.2, 0.25) is 0 Å². The lowest BCUT2D eigenvalue weighted by Crippen LogP contribution is -1.81. The summed E-state index contributed by atoms with van der Waals surface area (Å²) in [4.78, 5) is 9.89. The second-order valence-corrected chi connectivity index (χ2v) is 5.11. The number of nitrogens with zero attached hydrogens (tertiary/aromatic N) is 3. The SMILES string of the molecule is C=NO.CC.CC.CC.Cc1ccc(-c2cnc(C(C)C)s2)cn1. The molecule has 4 nitrogen and oxygen atoms in total. The van der Waals surface area contributed by atoms with Gasteiger partial charge < -0.3 is 5.21 Å². The molecule has 0 bridgehead atoms. The highest BCUT2D eigenvalue weighted by Gasteiger charge is 2.07. The number of aromatic nitrogens is 2. The number of thiazole rings is 1. The van der Waals surface area contributed by atoms with Crippen molar-refractivity contribution in [3.8, 4) is 10.4 Å². The molecule has 0 saturated carbocycles. The van der Waals surface area contributed by atoms with E-state index in [0.717, 1.165) is 11.3 Å². The second kappa shape index (κ2) is 19.3. The first-order chi connectivity index (χ1) is 11.6. The van der Waals surface area contributed by atoms with Gasteiger partial charge in [0.15, 0.2) is 0 Å². The van der Waals surface area contributed by atoms with Crippen LogP contribution in [0.15, 0.2) is 29.7 Å². The zero-order valence-electron chi connectivity index (χ0n) is 16.8. The molecule has 0 aliphatic rings. The number of rotatable bonds is 2. The molecule has 0 fully saturated rings. The van der Waals surface area contributed by atoms with Crippen LogP contribution in [-0.2, 0) is 0 Å². The zero-order chi connectivity index (χ0) is 19.5. The Balaban J connectivity index is -0.000000422. The lowest BCUT2D eigenvalue weighted by molar-refractivity contribution is 0.323. The van der Waals surface area contributed by atoms with Crippen molar-refractivity contribution >= 4 is 18.1 Å². The van der Waals surface area contributed by atoms with Gasteiger partial charge in [0, 0.05) is 36.3 Å². The number of aryl methyl sites for hydroxylation is 1. The summed E-state index contributed by atoms with van der Waals surface area (Å²) in [5.74, 6) is 0.502. The van der Waals surface area contributed by atoms with Crippen LogP contribution in [0.25, 0.3) is 10.4 Å². The van der Waals surface area contributed by atoms with Crippen molar-refractivity contribution in [1.29, 1.82) is 0 Å². The molecule has 5 heteroatoms. The topological polar surface area (TPSA) is 58.4 Å². The summed E-state index contributed by atoms with van der Waals surface area (Å²) in [7, 11) is 0. The van der Waals surface area contributed by atoms with Gasteiger partial charge in [-0.1, -0.05) is 61.5 Å². The molecule has 2 rings (SSSR count). The van der Waals surface area contributed by atoms with E-state index < -0.39 is 0 Å². The molecule has 0 atom stereocenters.